The number of hydrogen-bond donors (Lipinski definition) is 2. The number of nitrogens with zero attached hydrogens (tertiary/aromatic N) is 2. The van der Waals surface area contributed by atoms with Crippen LogP contribution in [-0.2, 0) is 19.1 Å². The van der Waals surface area contributed by atoms with Gasteiger partial charge in [-0.1, -0.05) is 37.1 Å². The lowest BCUT2D eigenvalue weighted by Crippen LogP contribution is -2.70. The highest BCUT2D eigenvalue weighted by molar-refractivity contribution is 6.03. The normalized spacial score (nSPS) is 27.7. The zero-order valence-electron chi connectivity index (χ0n) is 34.7. The van der Waals surface area contributed by atoms with Crippen LogP contribution in [0.3, 0.4) is 0 Å². The summed E-state index contributed by atoms with van der Waals surface area (Å²) < 4.78 is 32.3. The van der Waals surface area contributed by atoms with E-state index in [1.165, 1.54) is 7.11 Å². The maximum atomic E-state index is 14.4. The molecule has 1 saturated heterocycles. The number of allylic oxidation sites excluding steroid dienone is 1. The Morgan fingerprint density at radius 1 is 1.03 bits per heavy atom. The molecular formula is C47H62N2O10. The topological polar surface area (TPSA) is 146 Å². The minimum absolute atomic E-state index is 0.0280. The lowest BCUT2D eigenvalue weighted by Gasteiger charge is -2.60. The number of methoxy groups -OCH3 is 1. The van der Waals surface area contributed by atoms with Crippen LogP contribution in [0.1, 0.15) is 112 Å². The highest BCUT2D eigenvalue weighted by Crippen LogP contribution is 2.62. The summed E-state index contributed by atoms with van der Waals surface area (Å²) in [5.41, 5.74) is 3.08. The molecule has 5 aliphatic rings. The summed E-state index contributed by atoms with van der Waals surface area (Å²) in [5, 5.41) is 24.8. The Morgan fingerprint density at radius 2 is 1.81 bits per heavy atom. The Bertz CT molecular complexity index is 1840. The van der Waals surface area contributed by atoms with Crippen molar-refractivity contribution >= 4 is 17.9 Å². The van der Waals surface area contributed by atoms with E-state index in [1.807, 2.05) is 23.1 Å². The average Bonchev–Trinajstić information content (AvgIpc) is 4.12. The third-order valence-electron chi connectivity index (χ3n) is 12.7. The summed E-state index contributed by atoms with van der Waals surface area (Å²) in [4.78, 5) is 34.6. The molecule has 0 spiro atoms. The highest BCUT2D eigenvalue weighted by Gasteiger charge is 2.65. The van der Waals surface area contributed by atoms with E-state index >= 15 is 0 Å². The van der Waals surface area contributed by atoms with Crippen molar-refractivity contribution in [2.24, 2.45) is 28.8 Å². The Morgan fingerprint density at radius 3 is 2.51 bits per heavy atom. The van der Waals surface area contributed by atoms with Crippen molar-refractivity contribution in [1.29, 1.82) is 0 Å². The van der Waals surface area contributed by atoms with E-state index in [-0.39, 0.29) is 49.4 Å². The van der Waals surface area contributed by atoms with Crippen LogP contribution in [0.2, 0.25) is 0 Å². The molecule has 0 radical (unpaired) electrons. The molecule has 3 fully saturated rings. The van der Waals surface area contributed by atoms with E-state index in [1.54, 1.807) is 24.3 Å². The van der Waals surface area contributed by atoms with Crippen molar-refractivity contribution in [2.45, 2.75) is 114 Å². The number of rotatable bonds is 21. The Kier molecular flexibility index (Phi) is 14.5. The fourth-order valence-electron chi connectivity index (χ4n) is 9.86. The maximum absolute atomic E-state index is 14.4. The van der Waals surface area contributed by atoms with E-state index in [0.29, 0.717) is 61.0 Å². The van der Waals surface area contributed by atoms with E-state index in [0.717, 1.165) is 87.3 Å². The molecule has 7 rings (SSSR count). The van der Waals surface area contributed by atoms with Gasteiger partial charge < -0.3 is 43.6 Å². The number of hydrogen-bond acceptors (Lipinski definition) is 11. The number of unbranched alkanes of at least 4 members (excludes halogenated alkanes) is 2. The van der Waals surface area contributed by atoms with Gasteiger partial charge in [-0.25, -0.2) is 0 Å². The van der Waals surface area contributed by atoms with Crippen LogP contribution in [0.15, 0.2) is 65.9 Å². The molecule has 2 aliphatic heterocycles. The molecule has 59 heavy (non-hydrogen) atoms. The quantitative estimate of drug-likeness (QED) is 0.0549. The van der Waals surface area contributed by atoms with Crippen LogP contribution in [0.5, 0.6) is 23.0 Å². The second-order valence-corrected chi connectivity index (χ2v) is 16.6. The van der Waals surface area contributed by atoms with Gasteiger partial charge in [0.05, 0.1) is 37.5 Å². The van der Waals surface area contributed by atoms with Crippen LogP contribution in [0.4, 0.5) is 0 Å². The standard InChI is InChI=1S/C47H62N2O10/c1-4-21-49(46(53)31-15-16-31)42-29-39(48-59-43-14-8-11-25-55-43)37-27-32(12-6-9-22-50)36(13-7-10-23-51)44-38-28-35(57-34-17-19-40(54-3)33(26-34)30-52)18-20-41(38)58-47(42,45(37)44)56-24-5-2/h5,17-20,26-28,30-32,36,42-45,50-51H,2,4,6-16,21-25,29H2,1,3H3. The van der Waals surface area contributed by atoms with Crippen LogP contribution < -0.4 is 14.2 Å². The van der Waals surface area contributed by atoms with Crippen LogP contribution in [-0.4, -0.2) is 91.2 Å². The molecule has 320 valence electrons. The molecule has 1 amide bonds. The first-order valence-corrected chi connectivity index (χ1v) is 21.9. The third-order valence-corrected chi connectivity index (χ3v) is 12.7. The summed E-state index contributed by atoms with van der Waals surface area (Å²) in [6, 6.07) is 10.5. The second-order valence-electron chi connectivity index (χ2n) is 16.6. The van der Waals surface area contributed by atoms with Gasteiger partial charge in [0.25, 0.3) is 0 Å². The molecular weight excluding hydrogens is 753 g/mol. The number of benzene rings is 2. The maximum Gasteiger partial charge on any atom is 0.239 e. The minimum Gasteiger partial charge on any atom is -0.496 e. The molecule has 2 heterocycles. The van der Waals surface area contributed by atoms with E-state index in [4.69, 9.17) is 33.7 Å². The summed E-state index contributed by atoms with van der Waals surface area (Å²) >= 11 is 0. The lowest BCUT2D eigenvalue weighted by molar-refractivity contribution is -0.258. The van der Waals surface area contributed by atoms with Crippen LogP contribution >= 0.6 is 0 Å². The smallest absolute Gasteiger partial charge is 0.239 e. The molecule has 0 bridgehead atoms. The number of oxime groups is 1. The van der Waals surface area contributed by atoms with Gasteiger partial charge in [-0.05, 0) is 112 Å². The van der Waals surface area contributed by atoms with Crippen molar-refractivity contribution in [3.05, 3.63) is 71.8 Å². The van der Waals surface area contributed by atoms with Gasteiger partial charge in [0.1, 0.15) is 29.0 Å². The summed E-state index contributed by atoms with van der Waals surface area (Å²) in [5.74, 6) is 0.515. The van der Waals surface area contributed by atoms with Crippen molar-refractivity contribution < 1.29 is 48.3 Å². The first-order chi connectivity index (χ1) is 28.9. The first kappa shape index (κ1) is 42.9. The zero-order valence-corrected chi connectivity index (χ0v) is 34.7. The third kappa shape index (κ3) is 9.26. The second kappa shape index (κ2) is 19.9. The van der Waals surface area contributed by atoms with Gasteiger partial charge in [0, 0.05) is 50.0 Å². The largest absolute Gasteiger partial charge is 0.496 e. The Hall–Kier alpha value is -4.23. The van der Waals surface area contributed by atoms with Crippen molar-refractivity contribution in [3.63, 3.8) is 0 Å². The number of amides is 1. The molecule has 2 aromatic carbocycles. The molecule has 7 unspecified atom stereocenters. The monoisotopic (exact) mass is 814 g/mol. The Balaban J connectivity index is 1.42. The van der Waals surface area contributed by atoms with Gasteiger partial charge in [-0.2, -0.15) is 0 Å². The molecule has 2 saturated carbocycles. The number of aliphatic hydroxyl groups excluding tert-OH is 2. The van der Waals surface area contributed by atoms with Gasteiger partial charge in [-0.3, -0.25) is 9.59 Å². The Labute approximate surface area is 348 Å². The van der Waals surface area contributed by atoms with Gasteiger partial charge >= 0.3 is 0 Å². The van der Waals surface area contributed by atoms with E-state index < -0.39 is 24.0 Å². The number of aliphatic hydroxyl groups is 2. The molecule has 0 aromatic heterocycles. The lowest BCUT2D eigenvalue weighted by atomic mass is 9.55. The molecule has 3 aliphatic carbocycles. The molecule has 2 aromatic rings. The average molecular weight is 815 g/mol. The van der Waals surface area contributed by atoms with E-state index in [9.17, 15) is 19.8 Å². The predicted molar refractivity (Wildman–Crippen MR) is 223 cm³/mol. The van der Waals surface area contributed by atoms with Crippen molar-refractivity contribution in [1.82, 2.24) is 4.90 Å². The van der Waals surface area contributed by atoms with Crippen LogP contribution in [0, 0.1) is 23.7 Å². The molecule has 2 N–H and O–H groups in total. The summed E-state index contributed by atoms with van der Waals surface area (Å²) in [6.07, 6.45) is 14.6. The van der Waals surface area contributed by atoms with Gasteiger partial charge in [0.2, 0.25) is 18.0 Å². The fraction of sp³-hybridized carbons (Fsp3) is 0.596. The molecule has 12 heteroatoms. The SMILES string of the molecule is C=CCOC12Oc3ccc(Oc4ccc(OC)c(C=O)c4)cc3C3C(CCCCO)C(CCCCO)C=C(C(=NOC4CCCCO4)CC1N(CCC)C(=O)C1CC1)C32. The van der Waals surface area contributed by atoms with Gasteiger partial charge in [0.15, 0.2) is 6.29 Å². The zero-order chi connectivity index (χ0) is 41.4. The number of carbonyl (C=O) groups is 2. The first-order valence-electron chi connectivity index (χ1n) is 21.9. The fourth-order valence-corrected chi connectivity index (χ4v) is 9.86. The number of carbonyl (C=O) groups excluding carboxylic acids is 2. The van der Waals surface area contributed by atoms with Crippen molar-refractivity contribution in [2.75, 3.05) is 40.1 Å². The van der Waals surface area contributed by atoms with Gasteiger partial charge in [-0.15, -0.1) is 6.58 Å². The summed E-state index contributed by atoms with van der Waals surface area (Å²) in [7, 11) is 1.53. The predicted octanol–water partition coefficient (Wildman–Crippen LogP) is 8.11. The number of aldehydes is 1. The van der Waals surface area contributed by atoms with Crippen molar-refractivity contribution in [3.8, 4) is 23.0 Å². The highest BCUT2D eigenvalue weighted by atomic mass is 16.8. The molecule has 12 nitrogen and oxygen atoms in total. The van der Waals surface area contributed by atoms with E-state index in [2.05, 4.69) is 19.6 Å². The molecule has 7 atom stereocenters. The number of ether oxygens (including phenoxy) is 5. The minimum atomic E-state index is -1.31. The number of fused-ring (bicyclic) bond motifs is 2. The van der Waals surface area contributed by atoms with Crippen LogP contribution in [0.25, 0.3) is 0 Å². The summed E-state index contributed by atoms with van der Waals surface area (Å²) in [6.45, 7) is 7.70.